The zero-order chi connectivity index (χ0) is 14.6. The summed E-state index contributed by atoms with van der Waals surface area (Å²) in [5, 5.41) is 12.9. The minimum Gasteiger partial charge on any atom is -0.480 e. The van der Waals surface area contributed by atoms with E-state index in [4.69, 9.17) is 0 Å². The Morgan fingerprint density at radius 1 is 1.55 bits per heavy atom. The van der Waals surface area contributed by atoms with Crippen molar-refractivity contribution >= 4 is 5.97 Å². The van der Waals surface area contributed by atoms with E-state index in [1.807, 2.05) is 19.3 Å². The fraction of sp³-hybridized carbons (Fsp3) is 0.733. The number of carboxylic acid groups (broad SMARTS) is 1. The van der Waals surface area contributed by atoms with Crippen LogP contribution in [-0.4, -0.2) is 32.2 Å². The number of nitrogens with zero attached hydrogens (tertiary/aromatic N) is 2. The van der Waals surface area contributed by atoms with E-state index >= 15 is 0 Å². The van der Waals surface area contributed by atoms with Crippen LogP contribution in [0.25, 0.3) is 0 Å². The number of nitrogens with one attached hydrogen (secondary N) is 1. The Bertz CT molecular complexity index is 454. The van der Waals surface area contributed by atoms with Crippen LogP contribution in [0.15, 0.2) is 12.4 Å². The lowest BCUT2D eigenvalue weighted by Gasteiger charge is -2.30. The number of carbonyl (C=O) groups is 1. The van der Waals surface area contributed by atoms with Crippen molar-refractivity contribution in [3.8, 4) is 0 Å². The molecule has 0 bridgehead atoms. The molecule has 0 saturated heterocycles. The average Bonchev–Trinajstić information content (AvgIpc) is 3.13. The first-order valence-corrected chi connectivity index (χ1v) is 7.62. The highest BCUT2D eigenvalue weighted by Crippen LogP contribution is 2.27. The lowest BCUT2D eigenvalue weighted by atomic mass is 9.90. The summed E-state index contributed by atoms with van der Waals surface area (Å²) in [6.07, 6.45) is 9.05. The lowest BCUT2D eigenvalue weighted by molar-refractivity contribution is -0.145. The number of hydrogen-bond acceptors (Lipinski definition) is 3. The molecule has 2 rings (SSSR count). The Hall–Kier alpha value is -1.36. The summed E-state index contributed by atoms with van der Waals surface area (Å²) in [6.45, 7) is 4.88. The number of hydrogen-bond donors (Lipinski definition) is 2. The van der Waals surface area contributed by atoms with Gasteiger partial charge in [0.1, 0.15) is 11.4 Å². The van der Waals surface area contributed by atoms with Crippen molar-refractivity contribution in [2.75, 3.05) is 0 Å². The SMILES string of the molecule is CCc1nccn1CCCC(CC)(NC1CC1)C(=O)O. The molecule has 5 heteroatoms. The van der Waals surface area contributed by atoms with Gasteiger partial charge in [0.15, 0.2) is 0 Å². The minimum absolute atomic E-state index is 0.408. The fourth-order valence-electron chi connectivity index (χ4n) is 2.70. The van der Waals surface area contributed by atoms with Crippen LogP contribution >= 0.6 is 0 Å². The molecular formula is C15H25N3O2. The van der Waals surface area contributed by atoms with E-state index < -0.39 is 11.5 Å². The van der Waals surface area contributed by atoms with Crippen molar-refractivity contribution in [3.05, 3.63) is 18.2 Å². The predicted octanol–water partition coefficient (Wildman–Crippen LogP) is 2.21. The molecule has 0 amide bonds. The van der Waals surface area contributed by atoms with Crippen molar-refractivity contribution in [1.82, 2.24) is 14.9 Å². The second-order valence-electron chi connectivity index (χ2n) is 5.65. The van der Waals surface area contributed by atoms with E-state index in [0.717, 1.165) is 38.1 Å². The molecule has 1 unspecified atom stereocenters. The topological polar surface area (TPSA) is 67.2 Å². The van der Waals surface area contributed by atoms with E-state index in [9.17, 15) is 9.90 Å². The normalized spacial score (nSPS) is 17.9. The summed E-state index contributed by atoms with van der Waals surface area (Å²) in [7, 11) is 0. The molecule has 0 spiro atoms. The maximum Gasteiger partial charge on any atom is 0.323 e. The van der Waals surface area contributed by atoms with Crippen LogP contribution in [0.2, 0.25) is 0 Å². The molecule has 0 radical (unpaired) electrons. The van der Waals surface area contributed by atoms with Gasteiger partial charge in [0.2, 0.25) is 0 Å². The number of carboxylic acids is 1. The van der Waals surface area contributed by atoms with Crippen molar-refractivity contribution in [3.63, 3.8) is 0 Å². The van der Waals surface area contributed by atoms with Gasteiger partial charge in [-0.15, -0.1) is 0 Å². The molecule has 1 aromatic heterocycles. The lowest BCUT2D eigenvalue weighted by Crippen LogP contribution is -2.52. The molecule has 1 fully saturated rings. The Morgan fingerprint density at radius 3 is 2.85 bits per heavy atom. The standard InChI is InChI=1S/C15H25N3O2/c1-3-13-16-9-11-18(13)10-5-8-15(4-2,14(19)20)17-12-6-7-12/h9,11-12,17H,3-8,10H2,1-2H3,(H,19,20). The maximum atomic E-state index is 11.6. The second-order valence-corrected chi connectivity index (χ2v) is 5.65. The monoisotopic (exact) mass is 279 g/mol. The van der Waals surface area contributed by atoms with Crippen LogP contribution in [0.4, 0.5) is 0 Å². The highest BCUT2D eigenvalue weighted by atomic mass is 16.4. The molecule has 1 aromatic rings. The van der Waals surface area contributed by atoms with Gasteiger partial charge in [-0.3, -0.25) is 10.1 Å². The molecule has 0 aliphatic heterocycles. The molecule has 2 N–H and O–H groups in total. The van der Waals surface area contributed by atoms with E-state index in [2.05, 4.69) is 21.8 Å². The molecule has 0 aromatic carbocycles. The first kappa shape index (κ1) is 15.0. The van der Waals surface area contributed by atoms with Gasteiger partial charge < -0.3 is 9.67 Å². The summed E-state index contributed by atoms with van der Waals surface area (Å²) >= 11 is 0. The van der Waals surface area contributed by atoms with Crippen LogP contribution in [0.1, 0.15) is 51.8 Å². The van der Waals surface area contributed by atoms with Gasteiger partial charge >= 0.3 is 5.97 Å². The third-order valence-corrected chi connectivity index (χ3v) is 4.19. The van der Waals surface area contributed by atoms with Crippen molar-refractivity contribution in [2.24, 2.45) is 0 Å². The van der Waals surface area contributed by atoms with Gasteiger partial charge in [0.25, 0.3) is 0 Å². The number of rotatable bonds is 9. The van der Waals surface area contributed by atoms with Crippen molar-refractivity contribution < 1.29 is 9.90 Å². The summed E-state index contributed by atoms with van der Waals surface area (Å²) in [4.78, 5) is 15.9. The number of aliphatic carboxylic acids is 1. The van der Waals surface area contributed by atoms with Gasteiger partial charge in [0, 0.05) is 31.4 Å². The maximum absolute atomic E-state index is 11.6. The van der Waals surface area contributed by atoms with Crippen molar-refractivity contribution in [1.29, 1.82) is 0 Å². The van der Waals surface area contributed by atoms with Crippen LogP contribution in [0.3, 0.4) is 0 Å². The molecule has 5 nitrogen and oxygen atoms in total. The quantitative estimate of drug-likeness (QED) is 0.727. The Labute approximate surface area is 120 Å². The summed E-state index contributed by atoms with van der Waals surface area (Å²) < 4.78 is 2.12. The minimum atomic E-state index is -0.756. The van der Waals surface area contributed by atoms with Gasteiger partial charge in [-0.25, -0.2) is 4.98 Å². The highest BCUT2D eigenvalue weighted by molar-refractivity contribution is 5.78. The van der Waals surface area contributed by atoms with Gasteiger partial charge in [0.05, 0.1) is 0 Å². The molecule has 1 heterocycles. The van der Waals surface area contributed by atoms with E-state index in [-0.39, 0.29) is 0 Å². The number of aryl methyl sites for hydroxylation is 2. The van der Waals surface area contributed by atoms with Crippen LogP contribution in [0.5, 0.6) is 0 Å². The summed E-state index contributed by atoms with van der Waals surface area (Å²) in [5.41, 5.74) is -0.756. The van der Waals surface area contributed by atoms with Gasteiger partial charge in [-0.05, 0) is 32.1 Å². The summed E-state index contributed by atoms with van der Waals surface area (Å²) in [6, 6.07) is 0.408. The largest absolute Gasteiger partial charge is 0.480 e. The zero-order valence-electron chi connectivity index (χ0n) is 12.4. The van der Waals surface area contributed by atoms with E-state index in [0.29, 0.717) is 18.9 Å². The first-order chi connectivity index (χ1) is 9.61. The predicted molar refractivity (Wildman–Crippen MR) is 77.7 cm³/mol. The Morgan fingerprint density at radius 2 is 2.30 bits per heavy atom. The average molecular weight is 279 g/mol. The number of imidazole rings is 1. The summed E-state index contributed by atoms with van der Waals surface area (Å²) in [5.74, 6) is 0.353. The van der Waals surface area contributed by atoms with Crippen LogP contribution < -0.4 is 5.32 Å². The molecule has 1 atom stereocenters. The van der Waals surface area contributed by atoms with E-state index in [1.54, 1.807) is 0 Å². The van der Waals surface area contributed by atoms with Crippen LogP contribution in [-0.2, 0) is 17.8 Å². The smallest absolute Gasteiger partial charge is 0.323 e. The first-order valence-electron chi connectivity index (χ1n) is 7.62. The van der Waals surface area contributed by atoms with Gasteiger partial charge in [-0.1, -0.05) is 13.8 Å². The molecule has 20 heavy (non-hydrogen) atoms. The molecular weight excluding hydrogens is 254 g/mol. The Balaban J connectivity index is 1.92. The van der Waals surface area contributed by atoms with Crippen LogP contribution in [0, 0.1) is 0 Å². The highest BCUT2D eigenvalue weighted by Gasteiger charge is 2.40. The third-order valence-electron chi connectivity index (χ3n) is 4.19. The molecule has 112 valence electrons. The Kier molecular flexibility index (Phi) is 4.81. The van der Waals surface area contributed by atoms with Gasteiger partial charge in [-0.2, -0.15) is 0 Å². The van der Waals surface area contributed by atoms with E-state index in [1.165, 1.54) is 0 Å². The third kappa shape index (κ3) is 3.39. The molecule has 1 aliphatic rings. The van der Waals surface area contributed by atoms with Crippen molar-refractivity contribution in [2.45, 2.75) is 70.5 Å². The zero-order valence-corrected chi connectivity index (χ0v) is 12.4. The second kappa shape index (κ2) is 6.39. The fourth-order valence-corrected chi connectivity index (χ4v) is 2.70. The molecule has 1 aliphatic carbocycles. The molecule has 1 saturated carbocycles. The number of aromatic nitrogens is 2.